The van der Waals surface area contributed by atoms with Gasteiger partial charge >= 0.3 is 6.01 Å². The summed E-state index contributed by atoms with van der Waals surface area (Å²) < 4.78 is 26.5. The van der Waals surface area contributed by atoms with Gasteiger partial charge in [-0.05, 0) is 56.7 Å². The minimum absolute atomic E-state index is 0.00149. The molecule has 1 aliphatic heterocycles. The second-order valence-electron chi connectivity index (χ2n) is 9.16. The van der Waals surface area contributed by atoms with Gasteiger partial charge in [0.2, 0.25) is 11.8 Å². The summed E-state index contributed by atoms with van der Waals surface area (Å²) in [5, 5.41) is 8.25. The van der Waals surface area contributed by atoms with Gasteiger partial charge in [0.1, 0.15) is 11.6 Å². The Kier molecular flexibility index (Phi) is 6.20. The lowest BCUT2D eigenvalue weighted by molar-refractivity contribution is 0.373. The fourth-order valence-corrected chi connectivity index (χ4v) is 5.12. The molecule has 1 saturated carbocycles. The van der Waals surface area contributed by atoms with E-state index in [1.165, 1.54) is 18.2 Å². The Morgan fingerprint density at radius 1 is 1.15 bits per heavy atom. The van der Waals surface area contributed by atoms with E-state index in [1.54, 1.807) is 18.0 Å². The van der Waals surface area contributed by atoms with Crippen molar-refractivity contribution < 1.29 is 13.9 Å². The fourth-order valence-electron chi connectivity index (χ4n) is 4.95. The van der Waals surface area contributed by atoms with Crippen molar-refractivity contribution in [3.8, 4) is 17.6 Å². The molecular formula is C24H28ClFN6O2. The molecule has 10 heteroatoms. The van der Waals surface area contributed by atoms with Crippen LogP contribution in [0.1, 0.15) is 32.7 Å². The summed E-state index contributed by atoms with van der Waals surface area (Å²) in [6.07, 6.45) is 4.10. The van der Waals surface area contributed by atoms with Crippen molar-refractivity contribution in [1.29, 1.82) is 0 Å². The normalized spacial score (nSPS) is 21.7. The smallest absolute Gasteiger partial charge is 0.322 e. The van der Waals surface area contributed by atoms with Crippen LogP contribution in [0, 0.1) is 17.7 Å². The van der Waals surface area contributed by atoms with Crippen LogP contribution < -0.4 is 19.7 Å². The minimum Gasteiger partial charge on any atom is -0.481 e. The number of halogens is 2. The molecule has 3 heterocycles. The van der Waals surface area contributed by atoms with Crippen molar-refractivity contribution >= 4 is 23.2 Å². The lowest BCUT2D eigenvalue weighted by Crippen LogP contribution is -2.48. The number of benzene rings is 1. The molecule has 2 bridgehead atoms. The van der Waals surface area contributed by atoms with Gasteiger partial charge in [-0.2, -0.15) is 4.98 Å². The van der Waals surface area contributed by atoms with E-state index in [0.717, 1.165) is 31.6 Å². The average Bonchev–Trinajstić information content (AvgIpc) is 3.32. The molecule has 0 unspecified atom stereocenters. The first-order valence-electron chi connectivity index (χ1n) is 11.5. The third-order valence-corrected chi connectivity index (χ3v) is 6.90. The van der Waals surface area contributed by atoms with E-state index in [9.17, 15) is 4.39 Å². The molecule has 3 aromatic rings. The quantitative estimate of drug-likeness (QED) is 0.493. The summed E-state index contributed by atoms with van der Waals surface area (Å²) >= 11 is 5.90. The molecule has 1 saturated heterocycles. The maximum atomic E-state index is 13.5. The summed E-state index contributed by atoms with van der Waals surface area (Å²) in [5.74, 6) is 2.04. The van der Waals surface area contributed by atoms with Crippen LogP contribution in [0.3, 0.4) is 0 Å². The van der Waals surface area contributed by atoms with Gasteiger partial charge in [-0.25, -0.2) is 14.1 Å². The number of nitrogens with zero attached hydrogens (tertiary/aromatic N) is 5. The van der Waals surface area contributed by atoms with Crippen LogP contribution in [0.5, 0.6) is 17.6 Å². The van der Waals surface area contributed by atoms with E-state index < -0.39 is 5.82 Å². The molecule has 180 valence electrons. The van der Waals surface area contributed by atoms with Crippen LogP contribution in [0.25, 0.3) is 0 Å². The Hall–Kier alpha value is -3.07. The number of aromatic nitrogens is 4. The first-order valence-corrected chi connectivity index (χ1v) is 11.9. The number of methoxy groups -OCH3 is 1. The standard InChI is InChI=1S/C24H28ClFN6O2/c1-14(2)32-24(34-18-6-7-20(26)19(25)11-18)29-23(30-32)28-22-15-4-5-16(22)13-31(12-15)17-8-9-27-21(10-17)33-3/h6-11,14-16,22H,4-5,12-13H2,1-3H3,(H,28,30)/t15-,16+,22+. The number of pyridine rings is 1. The molecule has 1 N–H and O–H groups in total. The van der Waals surface area contributed by atoms with Crippen molar-refractivity contribution in [2.24, 2.45) is 11.8 Å². The van der Waals surface area contributed by atoms with Crippen LogP contribution in [-0.4, -0.2) is 46.0 Å². The number of nitrogens with one attached hydrogen (secondary N) is 1. The SMILES string of the molecule is COc1cc(N2C[C@H]3CC[C@@H](C2)[C@H]3Nc2nc(Oc3ccc(F)c(Cl)c3)n(C(C)C)n2)ccn1. The molecule has 8 nitrogen and oxygen atoms in total. The maximum Gasteiger partial charge on any atom is 0.322 e. The molecule has 1 aromatic carbocycles. The second kappa shape index (κ2) is 9.29. The van der Waals surface area contributed by atoms with E-state index >= 15 is 0 Å². The van der Waals surface area contributed by atoms with Crippen LogP contribution in [0.15, 0.2) is 36.5 Å². The number of piperidine rings is 1. The number of hydrogen-bond donors (Lipinski definition) is 1. The molecule has 2 aliphatic rings. The van der Waals surface area contributed by atoms with Gasteiger partial charge in [0, 0.05) is 43.1 Å². The molecule has 0 radical (unpaired) electrons. The van der Waals surface area contributed by atoms with E-state index in [0.29, 0.717) is 35.4 Å². The van der Waals surface area contributed by atoms with Crippen molar-refractivity contribution in [1.82, 2.24) is 19.7 Å². The van der Waals surface area contributed by atoms with Crippen molar-refractivity contribution in [3.63, 3.8) is 0 Å². The van der Waals surface area contributed by atoms with Gasteiger partial charge in [-0.3, -0.25) is 0 Å². The fraction of sp³-hybridized carbons (Fsp3) is 0.458. The Bertz CT molecular complexity index is 1160. The lowest BCUT2D eigenvalue weighted by Gasteiger charge is -2.39. The zero-order chi connectivity index (χ0) is 23.8. The highest BCUT2D eigenvalue weighted by atomic mass is 35.5. The number of ether oxygens (including phenoxy) is 2. The summed E-state index contributed by atoms with van der Waals surface area (Å²) in [4.78, 5) is 11.3. The predicted molar refractivity (Wildman–Crippen MR) is 129 cm³/mol. The molecule has 2 aromatic heterocycles. The number of hydrogen-bond acceptors (Lipinski definition) is 7. The average molecular weight is 487 g/mol. The first kappa shape index (κ1) is 22.7. The van der Waals surface area contributed by atoms with Gasteiger partial charge in [0.05, 0.1) is 18.2 Å². The molecular weight excluding hydrogens is 459 g/mol. The zero-order valence-electron chi connectivity index (χ0n) is 19.4. The second-order valence-corrected chi connectivity index (χ2v) is 9.57. The maximum absolute atomic E-state index is 13.5. The van der Waals surface area contributed by atoms with Crippen LogP contribution in [-0.2, 0) is 0 Å². The number of rotatable bonds is 7. The Balaban J connectivity index is 1.32. The van der Waals surface area contributed by atoms with Gasteiger partial charge in [-0.1, -0.05) is 11.6 Å². The van der Waals surface area contributed by atoms with Gasteiger partial charge < -0.3 is 19.7 Å². The Morgan fingerprint density at radius 3 is 2.59 bits per heavy atom. The summed E-state index contributed by atoms with van der Waals surface area (Å²) in [7, 11) is 1.64. The van der Waals surface area contributed by atoms with Gasteiger partial charge in [-0.15, -0.1) is 5.10 Å². The molecule has 0 spiro atoms. The van der Waals surface area contributed by atoms with Crippen LogP contribution in [0.4, 0.5) is 16.0 Å². The van der Waals surface area contributed by atoms with Crippen LogP contribution >= 0.6 is 11.6 Å². The Morgan fingerprint density at radius 2 is 1.91 bits per heavy atom. The highest BCUT2D eigenvalue weighted by Gasteiger charge is 2.42. The predicted octanol–water partition coefficient (Wildman–Crippen LogP) is 5.17. The monoisotopic (exact) mass is 486 g/mol. The number of anilines is 2. The third-order valence-electron chi connectivity index (χ3n) is 6.61. The minimum atomic E-state index is -0.492. The van der Waals surface area contributed by atoms with E-state index in [1.807, 2.05) is 26.0 Å². The highest BCUT2D eigenvalue weighted by Crippen LogP contribution is 2.40. The van der Waals surface area contributed by atoms with Crippen LogP contribution in [0.2, 0.25) is 5.02 Å². The van der Waals surface area contributed by atoms with E-state index in [4.69, 9.17) is 21.1 Å². The van der Waals surface area contributed by atoms with E-state index in [-0.39, 0.29) is 17.1 Å². The first-order chi connectivity index (χ1) is 16.4. The third kappa shape index (κ3) is 4.49. The molecule has 1 aliphatic carbocycles. The Labute approximate surface area is 203 Å². The van der Waals surface area contributed by atoms with Crippen molar-refractivity contribution in [2.75, 3.05) is 30.4 Å². The summed E-state index contributed by atoms with van der Waals surface area (Å²) in [6.45, 7) is 5.91. The van der Waals surface area contributed by atoms with Crippen molar-refractivity contribution in [3.05, 3.63) is 47.4 Å². The molecule has 0 amide bonds. The summed E-state index contributed by atoms with van der Waals surface area (Å²) in [6, 6.07) is 8.93. The van der Waals surface area contributed by atoms with Gasteiger partial charge in [0.25, 0.3) is 0 Å². The molecule has 2 fully saturated rings. The largest absolute Gasteiger partial charge is 0.481 e. The zero-order valence-corrected chi connectivity index (χ0v) is 20.2. The lowest BCUT2D eigenvalue weighted by atomic mass is 9.92. The number of fused-ring (bicyclic) bond motifs is 2. The van der Waals surface area contributed by atoms with Gasteiger partial charge in [0.15, 0.2) is 0 Å². The molecule has 3 atom stereocenters. The summed E-state index contributed by atoms with van der Waals surface area (Å²) in [5.41, 5.74) is 1.14. The van der Waals surface area contributed by atoms with Crippen molar-refractivity contribution in [2.45, 2.75) is 38.8 Å². The molecule has 34 heavy (non-hydrogen) atoms. The highest BCUT2D eigenvalue weighted by molar-refractivity contribution is 6.30. The van der Waals surface area contributed by atoms with E-state index in [2.05, 4.69) is 25.3 Å². The topological polar surface area (TPSA) is 77.3 Å². The molecule has 5 rings (SSSR count).